The lowest BCUT2D eigenvalue weighted by molar-refractivity contribution is 0.0967. The second-order valence-electron chi connectivity index (χ2n) is 28.9. The Morgan fingerprint density at radius 1 is 0.462 bits per heavy atom. The fraction of sp³-hybridized carbons (Fsp3) is 0.241. The van der Waals surface area contributed by atoms with E-state index in [0.717, 1.165) is 106 Å². The molecule has 25 nitrogen and oxygen atoms in total. The number of nitrogens with zero attached hydrogens (tertiary/aromatic N) is 6. The summed E-state index contributed by atoms with van der Waals surface area (Å²) in [4.78, 5) is 49.6. The van der Waals surface area contributed by atoms with Crippen LogP contribution in [0.3, 0.4) is 0 Å². The van der Waals surface area contributed by atoms with Crippen LogP contribution in [0.1, 0.15) is 112 Å². The quantitative estimate of drug-likeness (QED) is 0.0235. The van der Waals surface area contributed by atoms with E-state index in [1.54, 1.807) is 76.0 Å². The number of fused-ring (bicyclic) bond motifs is 3. The van der Waals surface area contributed by atoms with Crippen LogP contribution < -0.4 is 28.4 Å². The van der Waals surface area contributed by atoms with Crippen molar-refractivity contribution in [3.05, 3.63) is 269 Å². The van der Waals surface area contributed by atoms with Gasteiger partial charge in [-0.2, -0.15) is 15.3 Å². The minimum atomic E-state index is -4.11. The average molecular weight is 1750 g/mol. The van der Waals surface area contributed by atoms with Crippen molar-refractivity contribution in [2.75, 3.05) is 26.1 Å². The molecule has 7 N–H and O–H groups in total. The van der Waals surface area contributed by atoms with Gasteiger partial charge in [0.25, 0.3) is 37.8 Å². The van der Waals surface area contributed by atoms with Crippen LogP contribution in [0, 0.1) is 48.5 Å². The van der Waals surface area contributed by atoms with Crippen molar-refractivity contribution in [3.8, 4) is 50.6 Å². The third-order valence-corrected chi connectivity index (χ3v) is 25.4. The Labute approximate surface area is 709 Å². The summed E-state index contributed by atoms with van der Waals surface area (Å²) in [5.74, 6) is -0.101. The van der Waals surface area contributed by atoms with Crippen molar-refractivity contribution in [1.29, 1.82) is 0 Å². The van der Waals surface area contributed by atoms with Crippen molar-refractivity contribution in [2.45, 2.75) is 103 Å². The molecule has 0 radical (unpaired) electrons. The van der Waals surface area contributed by atoms with Crippen LogP contribution in [0.2, 0.25) is 20.1 Å². The number of aromatic amines is 3. The van der Waals surface area contributed by atoms with E-state index in [9.17, 15) is 44.7 Å². The summed E-state index contributed by atoms with van der Waals surface area (Å²) < 4.78 is 105. The van der Waals surface area contributed by atoms with Crippen LogP contribution in [0.5, 0.6) is 17.2 Å². The van der Waals surface area contributed by atoms with E-state index in [1.807, 2.05) is 154 Å². The van der Waals surface area contributed by atoms with Gasteiger partial charge in [0.05, 0.1) is 82.1 Å². The number of aliphatic hydroxyl groups excluding tert-OH is 1. The van der Waals surface area contributed by atoms with Crippen molar-refractivity contribution in [2.24, 2.45) is 21.1 Å². The number of aliphatic hydroxyl groups is 1. The van der Waals surface area contributed by atoms with Gasteiger partial charge >= 0.3 is 0 Å². The monoisotopic (exact) mass is 1740 g/mol. The fourth-order valence-corrected chi connectivity index (χ4v) is 17.3. The highest BCUT2D eigenvalue weighted by atomic mass is 35.5. The average Bonchev–Trinajstić information content (AvgIpc) is 1.61. The number of hydrogen-bond donors (Lipinski definition) is 7. The Bertz CT molecular complexity index is 6490. The van der Waals surface area contributed by atoms with Gasteiger partial charge in [0.15, 0.2) is 0 Å². The van der Waals surface area contributed by atoms with Gasteiger partial charge in [0, 0.05) is 104 Å². The first-order chi connectivity index (χ1) is 56.6. The van der Waals surface area contributed by atoms with Gasteiger partial charge in [0.2, 0.25) is 10.0 Å². The van der Waals surface area contributed by atoms with Crippen molar-refractivity contribution in [1.82, 2.24) is 58.5 Å². The third kappa shape index (κ3) is 20.1. The Morgan fingerprint density at radius 3 is 1.23 bits per heavy atom. The molecule has 0 aliphatic heterocycles. The van der Waals surface area contributed by atoms with Gasteiger partial charge in [-0.3, -0.25) is 28.4 Å². The molecule has 0 saturated carbocycles. The Morgan fingerprint density at radius 2 is 0.832 bits per heavy atom. The molecule has 0 fully saturated rings. The normalized spacial score (nSPS) is 11.7. The molecule has 14 rings (SSSR count). The van der Waals surface area contributed by atoms with Crippen LogP contribution in [-0.4, -0.2) is 118 Å². The van der Waals surface area contributed by atoms with Crippen LogP contribution in [0.15, 0.2) is 180 Å². The summed E-state index contributed by atoms with van der Waals surface area (Å²) >= 11 is 25.5. The summed E-state index contributed by atoms with van der Waals surface area (Å²) in [6.07, 6.45) is 11.2. The predicted octanol–water partition coefficient (Wildman–Crippen LogP) is 16.9. The van der Waals surface area contributed by atoms with Gasteiger partial charge in [-0.25, -0.2) is 39.4 Å². The molecule has 0 aliphatic carbocycles. The zero-order valence-electron chi connectivity index (χ0n) is 67.0. The van der Waals surface area contributed by atoms with E-state index < -0.39 is 47.8 Å². The Balaban J connectivity index is 0.000000164. The van der Waals surface area contributed by atoms with E-state index in [1.165, 1.54) is 24.3 Å². The van der Waals surface area contributed by atoms with E-state index in [0.29, 0.717) is 124 Å². The topological polar surface area (TPSA) is 338 Å². The number of hydrogen-bond acceptors (Lipinski definition) is 16. The molecule has 6 aromatic heterocycles. The zero-order valence-corrected chi connectivity index (χ0v) is 72.5. The van der Waals surface area contributed by atoms with E-state index >= 15 is 0 Å². The van der Waals surface area contributed by atoms with E-state index in [4.69, 9.17) is 60.6 Å². The molecule has 32 heteroatoms. The maximum Gasteiger partial charge on any atom is 0.281 e. The van der Waals surface area contributed by atoms with Gasteiger partial charge in [-0.15, -0.1) is 0 Å². The summed E-state index contributed by atoms with van der Waals surface area (Å²) in [6, 6.07) is 41.9. The molecule has 119 heavy (non-hydrogen) atoms. The number of sulfonamides is 3. The number of halogens is 4. The number of carbonyl (C=O) groups is 3. The molecule has 620 valence electrons. The first-order valence-corrected chi connectivity index (χ1v) is 44.1. The summed E-state index contributed by atoms with van der Waals surface area (Å²) in [6.45, 7) is 14.3. The molecule has 3 amide bonds. The number of para-hydroxylation sites is 2. The molecule has 0 spiro atoms. The largest absolute Gasteiger partial charge is 0.494 e. The van der Waals surface area contributed by atoms with Crippen molar-refractivity contribution in [3.63, 3.8) is 0 Å². The molecule has 0 saturated heterocycles. The number of carbonyl (C=O) groups excluding carboxylic acids is 3. The SMILES string of the molecule is Cc1cc(OCCCc2c(C(=O)NS(=O)(=O)c3ccccc3)[nH]c3c(-c4cnn(C)c4)ccc(Cl)c23)cc(C)c1Cl.Cc1cc(OCCCc2c(C(=O)NS(=O)(=O)c3ccccc3)[nH]c3c(-c4cnn(C)c4)cccc23)cc(C)c1Cl.Cc1cc(OCCCc2c(C(=O)NS(C)(=O)=O)[nH]c3c(-c4c(CO)nn(C)c4C)cccc23)cc(C)c1Cl. The van der Waals surface area contributed by atoms with E-state index in [2.05, 4.69) is 44.4 Å². The van der Waals surface area contributed by atoms with Crippen LogP contribution in [-0.2, 0) is 77.1 Å². The van der Waals surface area contributed by atoms with Crippen molar-refractivity contribution < 1.29 is 59.0 Å². The number of aryl methyl sites for hydroxylation is 12. The molecule has 0 unspecified atom stereocenters. The van der Waals surface area contributed by atoms with Gasteiger partial charge < -0.3 is 34.3 Å². The Hall–Kier alpha value is -11.2. The summed E-state index contributed by atoms with van der Waals surface area (Å²) in [7, 11) is -6.50. The second kappa shape index (κ2) is 37.0. The number of benzene rings is 8. The maximum atomic E-state index is 13.5. The molecule has 8 aromatic carbocycles. The van der Waals surface area contributed by atoms with Gasteiger partial charge in [-0.05, 0) is 204 Å². The maximum absolute atomic E-state index is 13.5. The molecular weight excluding hydrogens is 1660 g/mol. The van der Waals surface area contributed by atoms with Crippen LogP contribution in [0.4, 0.5) is 0 Å². The minimum absolute atomic E-state index is 0.0120. The standard InChI is InChI=1S/C30H28Cl2N4O4S.C30H29ClN4O4S.C27H31ClN4O5S/c1-18-14-21(15-19(2)27(18)32)40-13-7-10-24-26-25(31)12-11-23(20-16-33-36(3)17-20)28(26)34-29(24)30(37)35-41(38,39)22-8-5-4-6-9-22;1-19-15-22(16-20(2)27(19)31)39-14-8-13-26-25-12-7-11-24(21-17-32-35(3)18-21)28(25)33-29(26)30(36)34-40(37,38)23-9-5-4-6-10-23;1-15-12-18(13-16(2)24(15)28)37-11-7-10-20-19-8-6-9-21(23-17(3)32(4)30-22(23)14-33)25(19)29-26(20)27(34)31-38(5,35)36/h4-6,8-9,11-12,14-17,34H,7,10,13H2,1-3H3,(H,35,37);4-7,9-12,15-18,33H,8,13-14H2,1-3H3,(H,34,36);6,8-9,12-13,29,33H,7,10-11,14H2,1-5H3,(H,31,34). The zero-order chi connectivity index (χ0) is 85.5. The highest BCUT2D eigenvalue weighted by Gasteiger charge is 2.30. The van der Waals surface area contributed by atoms with Crippen LogP contribution >= 0.6 is 46.4 Å². The lowest BCUT2D eigenvalue weighted by Gasteiger charge is -2.11. The van der Waals surface area contributed by atoms with Crippen molar-refractivity contribution >= 4 is 127 Å². The molecule has 0 aliphatic rings. The lowest BCUT2D eigenvalue weighted by Crippen LogP contribution is -2.31. The lowest BCUT2D eigenvalue weighted by atomic mass is 9.98. The molecule has 6 heterocycles. The minimum Gasteiger partial charge on any atom is -0.494 e. The van der Waals surface area contributed by atoms with Crippen LogP contribution in [0.25, 0.3) is 66.1 Å². The predicted molar refractivity (Wildman–Crippen MR) is 466 cm³/mol. The number of amides is 3. The van der Waals surface area contributed by atoms with E-state index in [-0.39, 0.29) is 33.5 Å². The molecule has 0 atom stereocenters. The van der Waals surface area contributed by atoms with Gasteiger partial charge in [-0.1, -0.05) is 125 Å². The highest BCUT2D eigenvalue weighted by Crippen LogP contribution is 2.41. The highest BCUT2D eigenvalue weighted by molar-refractivity contribution is 7.90. The first kappa shape index (κ1) is 87.1. The molecule has 0 bridgehead atoms. The Kier molecular flexibility index (Phi) is 27.1. The smallest absolute Gasteiger partial charge is 0.281 e. The summed E-state index contributed by atoms with van der Waals surface area (Å²) in [5, 5.41) is 27.7. The molecular formula is C87H88Cl4N12O13S3. The number of aromatic nitrogens is 9. The third-order valence-electron chi connectivity index (χ3n) is 20.0. The summed E-state index contributed by atoms with van der Waals surface area (Å²) in [5.41, 5.74) is 16.3. The number of H-pyrrole nitrogens is 3. The number of ether oxygens (including phenoxy) is 3. The number of nitrogens with one attached hydrogen (secondary N) is 6. The number of rotatable bonds is 27. The second-order valence-corrected chi connectivity index (χ2v) is 35.6. The fourth-order valence-electron chi connectivity index (χ4n) is 14.3. The first-order valence-electron chi connectivity index (χ1n) is 37.8. The molecule has 14 aromatic rings. The van der Waals surface area contributed by atoms with Gasteiger partial charge in [0.1, 0.15) is 34.3 Å².